The number of allylic oxidation sites excluding steroid dienone is 1. The smallest absolute Gasteiger partial charge is 0.225 e. The maximum Gasteiger partial charge on any atom is 0.225 e. The number of pyridine rings is 1. The second kappa shape index (κ2) is 6.28. The van der Waals surface area contributed by atoms with Crippen LogP contribution in [0.2, 0.25) is 5.02 Å². The lowest BCUT2D eigenvalue weighted by Gasteiger charge is -2.29. The minimum atomic E-state index is -0.124. The predicted octanol–water partition coefficient (Wildman–Crippen LogP) is 2.03. The molecule has 1 amide bonds. The number of anilines is 3. The number of aromatic nitrogens is 1. The van der Waals surface area contributed by atoms with Gasteiger partial charge in [0, 0.05) is 12.6 Å². The number of nitrogens with two attached hydrogens (primary N) is 2. The lowest BCUT2D eigenvalue weighted by atomic mass is 9.87. The molecule has 23 heavy (non-hydrogen) atoms. The molecular formula is C16H22ClN5O. The van der Waals surface area contributed by atoms with E-state index in [1.165, 1.54) is 6.20 Å². The number of halogens is 1. The summed E-state index contributed by atoms with van der Waals surface area (Å²) < 4.78 is 0. The molecule has 0 radical (unpaired) electrons. The van der Waals surface area contributed by atoms with Crippen molar-refractivity contribution in [3.05, 3.63) is 23.4 Å². The van der Waals surface area contributed by atoms with Crippen LogP contribution >= 0.6 is 11.6 Å². The quantitative estimate of drug-likeness (QED) is 0.616. The molecule has 0 spiro atoms. The van der Waals surface area contributed by atoms with E-state index in [0.717, 1.165) is 12.8 Å². The van der Waals surface area contributed by atoms with E-state index in [4.69, 9.17) is 23.1 Å². The van der Waals surface area contributed by atoms with Gasteiger partial charge >= 0.3 is 0 Å². The molecule has 1 saturated carbocycles. The van der Waals surface area contributed by atoms with Crippen molar-refractivity contribution in [1.29, 1.82) is 0 Å². The molecule has 2 aliphatic rings. The van der Waals surface area contributed by atoms with Gasteiger partial charge in [-0.2, -0.15) is 0 Å². The van der Waals surface area contributed by atoms with E-state index < -0.39 is 0 Å². The average Bonchev–Trinajstić information content (AvgIpc) is 3.14. The van der Waals surface area contributed by atoms with Crippen molar-refractivity contribution in [3.8, 4) is 0 Å². The topological polar surface area (TPSA) is 106 Å². The number of fused-ring (bicyclic) bond motifs is 2. The van der Waals surface area contributed by atoms with Crippen LogP contribution in [0.3, 0.4) is 0 Å². The summed E-state index contributed by atoms with van der Waals surface area (Å²) in [6.45, 7) is 2.73. The van der Waals surface area contributed by atoms with Crippen LogP contribution in [0.25, 0.3) is 0 Å². The predicted molar refractivity (Wildman–Crippen MR) is 93.0 cm³/mol. The maximum absolute atomic E-state index is 12.5. The summed E-state index contributed by atoms with van der Waals surface area (Å²) in [5, 5.41) is 6.78. The van der Waals surface area contributed by atoms with Crippen molar-refractivity contribution in [2.24, 2.45) is 17.8 Å². The molecule has 7 heteroatoms. The van der Waals surface area contributed by atoms with Crippen LogP contribution in [0, 0.1) is 17.8 Å². The van der Waals surface area contributed by atoms with Gasteiger partial charge in [0.2, 0.25) is 5.91 Å². The Labute approximate surface area is 140 Å². The largest absolute Gasteiger partial charge is 0.394 e. The van der Waals surface area contributed by atoms with E-state index in [9.17, 15) is 4.79 Å². The molecule has 2 aliphatic carbocycles. The summed E-state index contributed by atoms with van der Waals surface area (Å²) >= 11 is 6.21. The van der Waals surface area contributed by atoms with E-state index >= 15 is 0 Å². The normalized spacial score (nSPS) is 28.1. The number of hydrogen-bond acceptors (Lipinski definition) is 5. The van der Waals surface area contributed by atoms with Gasteiger partial charge in [0.05, 0.1) is 28.5 Å². The van der Waals surface area contributed by atoms with E-state index in [-0.39, 0.29) is 29.6 Å². The third kappa shape index (κ3) is 2.83. The zero-order valence-corrected chi connectivity index (χ0v) is 13.8. The molecule has 0 aliphatic heterocycles. The van der Waals surface area contributed by atoms with Gasteiger partial charge in [-0.25, -0.2) is 4.98 Å². The van der Waals surface area contributed by atoms with Gasteiger partial charge in [0.25, 0.3) is 0 Å². The van der Waals surface area contributed by atoms with Crippen LogP contribution in [0.5, 0.6) is 0 Å². The standard InChI is InChI=1S/C16H22ClN5O/c1-2-5-20-16(23)11-8-3-4-9(6-8)13(11)22-14-10(17)7-21-15(19)12(14)18/h3-4,7-9,11,13H,2,5-6,18H2,1H3,(H,20,23)(H3,19,21,22)/t8-,9+,11+,13-/m1/s1. The minimum Gasteiger partial charge on any atom is -0.394 e. The van der Waals surface area contributed by atoms with Gasteiger partial charge < -0.3 is 22.1 Å². The van der Waals surface area contributed by atoms with Crippen molar-refractivity contribution in [2.75, 3.05) is 23.3 Å². The summed E-state index contributed by atoms with van der Waals surface area (Å²) in [6, 6.07) is -0.0385. The summed E-state index contributed by atoms with van der Waals surface area (Å²) in [5.74, 6) is 0.748. The first-order valence-corrected chi connectivity index (χ1v) is 8.32. The Hall–Kier alpha value is -1.95. The molecule has 0 aromatic carbocycles. The molecule has 6 nitrogen and oxygen atoms in total. The van der Waals surface area contributed by atoms with Gasteiger partial charge in [-0.15, -0.1) is 0 Å². The number of nitrogens with one attached hydrogen (secondary N) is 2. The number of carbonyl (C=O) groups is 1. The highest BCUT2D eigenvalue weighted by molar-refractivity contribution is 6.34. The third-order valence-corrected chi connectivity index (χ3v) is 5.01. The van der Waals surface area contributed by atoms with Crippen molar-refractivity contribution in [3.63, 3.8) is 0 Å². The zero-order chi connectivity index (χ0) is 16.6. The molecule has 6 N–H and O–H groups in total. The van der Waals surface area contributed by atoms with Crippen molar-refractivity contribution in [2.45, 2.75) is 25.8 Å². The second-order valence-electron chi connectivity index (χ2n) is 6.22. The van der Waals surface area contributed by atoms with Crippen LogP contribution in [0.15, 0.2) is 18.3 Å². The Morgan fingerprint density at radius 3 is 2.87 bits per heavy atom. The third-order valence-electron chi connectivity index (χ3n) is 4.72. The molecule has 1 heterocycles. The first kappa shape index (κ1) is 15.9. The number of amides is 1. The first-order chi connectivity index (χ1) is 11.0. The summed E-state index contributed by atoms with van der Waals surface area (Å²) in [5.41, 5.74) is 12.7. The average molecular weight is 336 g/mol. The number of hydrogen-bond donors (Lipinski definition) is 4. The Morgan fingerprint density at radius 1 is 1.39 bits per heavy atom. The molecule has 4 atom stereocenters. The van der Waals surface area contributed by atoms with Gasteiger partial charge in [-0.05, 0) is 24.7 Å². The highest BCUT2D eigenvalue weighted by Crippen LogP contribution is 2.46. The van der Waals surface area contributed by atoms with E-state index in [1.54, 1.807) is 0 Å². The molecule has 2 bridgehead atoms. The maximum atomic E-state index is 12.5. The highest BCUT2D eigenvalue weighted by Gasteiger charge is 2.48. The van der Waals surface area contributed by atoms with E-state index in [2.05, 4.69) is 27.8 Å². The van der Waals surface area contributed by atoms with Crippen LogP contribution in [0.1, 0.15) is 19.8 Å². The summed E-state index contributed by atoms with van der Waals surface area (Å²) in [4.78, 5) is 16.5. The lowest BCUT2D eigenvalue weighted by Crippen LogP contribution is -2.43. The zero-order valence-electron chi connectivity index (χ0n) is 13.1. The van der Waals surface area contributed by atoms with Crippen LogP contribution in [-0.4, -0.2) is 23.5 Å². The molecule has 1 aromatic rings. The van der Waals surface area contributed by atoms with E-state index in [0.29, 0.717) is 28.9 Å². The molecule has 124 valence electrons. The van der Waals surface area contributed by atoms with Crippen molar-refractivity contribution in [1.82, 2.24) is 10.3 Å². The molecule has 0 unspecified atom stereocenters. The Morgan fingerprint density at radius 2 is 2.13 bits per heavy atom. The van der Waals surface area contributed by atoms with E-state index in [1.807, 2.05) is 6.92 Å². The van der Waals surface area contributed by atoms with Gasteiger partial charge in [0.15, 0.2) is 0 Å². The fourth-order valence-corrected chi connectivity index (χ4v) is 3.78. The molecular weight excluding hydrogens is 314 g/mol. The second-order valence-corrected chi connectivity index (χ2v) is 6.62. The van der Waals surface area contributed by atoms with Crippen molar-refractivity contribution < 1.29 is 4.79 Å². The Bertz CT molecular complexity index is 648. The Kier molecular flexibility index (Phi) is 4.35. The fraction of sp³-hybridized carbons (Fsp3) is 0.500. The lowest BCUT2D eigenvalue weighted by molar-refractivity contribution is -0.125. The van der Waals surface area contributed by atoms with Gasteiger partial charge in [-0.3, -0.25) is 4.79 Å². The van der Waals surface area contributed by atoms with Crippen LogP contribution in [-0.2, 0) is 4.79 Å². The summed E-state index contributed by atoms with van der Waals surface area (Å²) in [7, 11) is 0. The molecule has 3 rings (SSSR count). The number of carbonyl (C=O) groups excluding carboxylic acids is 1. The SMILES string of the molecule is CCCNC(=O)[C@@H]1[C@H](Nc2c(Cl)cnc(N)c2N)[C@H]2C=C[C@@H]1C2. The fourth-order valence-electron chi connectivity index (χ4n) is 3.57. The van der Waals surface area contributed by atoms with Crippen molar-refractivity contribution >= 4 is 34.7 Å². The minimum absolute atomic E-state index is 0.0385. The number of rotatable bonds is 5. The van der Waals surface area contributed by atoms with Crippen LogP contribution in [0.4, 0.5) is 17.2 Å². The van der Waals surface area contributed by atoms with Gasteiger partial charge in [-0.1, -0.05) is 30.7 Å². The number of nitrogens with zero attached hydrogens (tertiary/aromatic N) is 1. The molecule has 1 aromatic heterocycles. The van der Waals surface area contributed by atoms with Gasteiger partial charge in [0.1, 0.15) is 5.82 Å². The highest BCUT2D eigenvalue weighted by atomic mass is 35.5. The molecule has 0 saturated heterocycles. The van der Waals surface area contributed by atoms with Crippen LogP contribution < -0.4 is 22.1 Å². The Balaban J connectivity index is 1.85. The monoisotopic (exact) mass is 335 g/mol. The first-order valence-electron chi connectivity index (χ1n) is 7.95. The number of nitrogen functional groups attached to an aromatic ring is 2. The molecule has 1 fully saturated rings. The summed E-state index contributed by atoms with van der Waals surface area (Å²) in [6.07, 6.45) is 7.68.